The molecule has 0 amide bonds. The Balaban J connectivity index is 1.55. The van der Waals surface area contributed by atoms with E-state index in [0.29, 0.717) is 0 Å². The predicted molar refractivity (Wildman–Crippen MR) is 109 cm³/mol. The third-order valence-corrected chi connectivity index (χ3v) is 6.51. The molecule has 3 heteroatoms. The van der Waals surface area contributed by atoms with Crippen LogP contribution in [0.2, 0.25) is 0 Å². The SMILES string of the molecule is CN1CCc2c([nH]c3ccccc23)C12CCc1c(ccc3ccccc13)O2. The Morgan fingerprint density at radius 1 is 0.889 bits per heavy atom. The lowest BCUT2D eigenvalue weighted by Crippen LogP contribution is -2.54. The topological polar surface area (TPSA) is 28.3 Å². The number of benzene rings is 3. The average Bonchev–Trinajstić information content (AvgIpc) is 3.10. The van der Waals surface area contributed by atoms with Crippen LogP contribution in [-0.2, 0) is 18.6 Å². The highest BCUT2D eigenvalue weighted by Crippen LogP contribution is 2.47. The highest BCUT2D eigenvalue weighted by molar-refractivity contribution is 5.88. The van der Waals surface area contributed by atoms with Gasteiger partial charge in [-0.15, -0.1) is 0 Å². The first-order valence-corrected chi connectivity index (χ1v) is 9.77. The molecule has 1 spiro atoms. The van der Waals surface area contributed by atoms with Crippen LogP contribution in [-0.4, -0.2) is 23.5 Å². The van der Waals surface area contributed by atoms with Crippen molar-refractivity contribution >= 4 is 21.7 Å². The number of nitrogens with one attached hydrogen (secondary N) is 1. The first-order valence-electron chi connectivity index (χ1n) is 9.77. The molecule has 1 unspecified atom stereocenters. The van der Waals surface area contributed by atoms with E-state index in [1.54, 1.807) is 0 Å². The fourth-order valence-electron chi connectivity index (χ4n) is 5.09. The molecule has 0 aliphatic carbocycles. The summed E-state index contributed by atoms with van der Waals surface area (Å²) in [5.74, 6) is 1.03. The summed E-state index contributed by atoms with van der Waals surface area (Å²) < 4.78 is 6.83. The van der Waals surface area contributed by atoms with E-state index in [9.17, 15) is 0 Å². The van der Waals surface area contributed by atoms with Crippen LogP contribution in [0.15, 0.2) is 60.7 Å². The molecule has 27 heavy (non-hydrogen) atoms. The number of aromatic amines is 1. The zero-order chi connectivity index (χ0) is 18.0. The first kappa shape index (κ1) is 15.3. The predicted octanol–water partition coefficient (Wildman–Crippen LogP) is 4.99. The van der Waals surface area contributed by atoms with Gasteiger partial charge in [0.05, 0.1) is 5.69 Å². The molecule has 4 aromatic rings. The fourth-order valence-corrected chi connectivity index (χ4v) is 5.09. The van der Waals surface area contributed by atoms with Gasteiger partial charge in [-0.3, -0.25) is 4.90 Å². The van der Waals surface area contributed by atoms with Gasteiger partial charge in [0, 0.05) is 29.4 Å². The second kappa shape index (κ2) is 5.37. The Morgan fingerprint density at radius 2 is 1.70 bits per heavy atom. The van der Waals surface area contributed by atoms with Gasteiger partial charge in [-0.25, -0.2) is 0 Å². The molecule has 3 aromatic carbocycles. The van der Waals surface area contributed by atoms with Crippen LogP contribution in [0, 0.1) is 0 Å². The van der Waals surface area contributed by atoms with Crippen LogP contribution in [0.1, 0.15) is 23.2 Å². The number of rotatable bonds is 0. The largest absolute Gasteiger partial charge is 0.466 e. The molecule has 0 saturated heterocycles. The van der Waals surface area contributed by atoms with Crippen molar-refractivity contribution < 1.29 is 4.74 Å². The average molecular weight is 354 g/mol. The second-order valence-electron chi connectivity index (χ2n) is 7.85. The van der Waals surface area contributed by atoms with Crippen LogP contribution >= 0.6 is 0 Å². The van der Waals surface area contributed by atoms with Crippen LogP contribution in [0.4, 0.5) is 0 Å². The second-order valence-corrected chi connectivity index (χ2v) is 7.85. The van der Waals surface area contributed by atoms with Crippen molar-refractivity contribution in [2.75, 3.05) is 13.6 Å². The Kier molecular flexibility index (Phi) is 3.04. The normalized spacial score (nSPS) is 22.0. The number of hydrogen-bond donors (Lipinski definition) is 1. The Labute approximate surface area is 158 Å². The van der Waals surface area contributed by atoms with Crippen molar-refractivity contribution in [3.8, 4) is 5.75 Å². The molecule has 1 aromatic heterocycles. The Bertz CT molecular complexity index is 1190. The summed E-state index contributed by atoms with van der Waals surface area (Å²) in [6.45, 7) is 1.01. The third kappa shape index (κ3) is 2.00. The highest BCUT2D eigenvalue weighted by Gasteiger charge is 2.47. The molecule has 3 nitrogen and oxygen atoms in total. The third-order valence-electron chi connectivity index (χ3n) is 6.51. The number of aryl methyl sites for hydroxylation is 1. The van der Waals surface area contributed by atoms with Gasteiger partial charge in [0.2, 0.25) is 5.72 Å². The maximum atomic E-state index is 6.83. The molecule has 0 fully saturated rings. The zero-order valence-electron chi connectivity index (χ0n) is 15.5. The molecule has 2 aliphatic heterocycles. The van der Waals surface area contributed by atoms with E-state index in [-0.39, 0.29) is 0 Å². The van der Waals surface area contributed by atoms with E-state index < -0.39 is 5.72 Å². The zero-order valence-corrected chi connectivity index (χ0v) is 15.5. The number of H-pyrrole nitrogens is 1. The molecule has 1 atom stereocenters. The van der Waals surface area contributed by atoms with Gasteiger partial charge in [-0.1, -0.05) is 48.5 Å². The van der Waals surface area contributed by atoms with Crippen LogP contribution < -0.4 is 4.74 Å². The Hall–Kier alpha value is -2.78. The quantitative estimate of drug-likeness (QED) is 0.482. The van der Waals surface area contributed by atoms with Gasteiger partial charge in [-0.05, 0) is 48.4 Å². The number of hydrogen-bond acceptors (Lipinski definition) is 2. The molecule has 0 radical (unpaired) electrons. The van der Waals surface area contributed by atoms with E-state index in [0.717, 1.165) is 31.6 Å². The smallest absolute Gasteiger partial charge is 0.204 e. The molecule has 3 heterocycles. The number of fused-ring (bicyclic) bond motifs is 7. The van der Waals surface area contributed by atoms with Crippen LogP contribution in [0.25, 0.3) is 21.7 Å². The van der Waals surface area contributed by atoms with Crippen molar-refractivity contribution in [2.45, 2.75) is 25.0 Å². The lowest BCUT2D eigenvalue weighted by molar-refractivity contribution is -0.103. The van der Waals surface area contributed by atoms with Crippen molar-refractivity contribution in [3.63, 3.8) is 0 Å². The lowest BCUT2D eigenvalue weighted by Gasteiger charge is -2.47. The molecule has 1 N–H and O–H groups in total. The van der Waals surface area contributed by atoms with Gasteiger partial charge in [0.1, 0.15) is 5.75 Å². The van der Waals surface area contributed by atoms with E-state index >= 15 is 0 Å². The maximum Gasteiger partial charge on any atom is 0.204 e. The summed E-state index contributed by atoms with van der Waals surface area (Å²) >= 11 is 0. The summed E-state index contributed by atoms with van der Waals surface area (Å²) in [7, 11) is 2.19. The van der Waals surface area contributed by atoms with E-state index in [2.05, 4.69) is 77.6 Å². The number of nitrogens with zero attached hydrogens (tertiary/aromatic N) is 1. The molecule has 2 aliphatic rings. The van der Waals surface area contributed by atoms with Gasteiger partial charge in [0.25, 0.3) is 0 Å². The van der Waals surface area contributed by atoms with E-state index in [1.165, 1.54) is 38.5 Å². The number of likely N-dealkylation sites (N-methyl/N-ethyl adjacent to an activating group) is 1. The first-order chi connectivity index (χ1) is 13.3. The van der Waals surface area contributed by atoms with Gasteiger partial charge >= 0.3 is 0 Å². The standard InChI is InChI=1S/C24H22N2O/c1-26-15-13-20-18-8-4-5-9-21(18)25-23(20)24(26)14-12-19-17-7-3-2-6-16(17)10-11-22(19)27-24/h2-11,25H,12-15H2,1H3. The van der Waals surface area contributed by atoms with E-state index in [1.807, 2.05) is 0 Å². The summed E-state index contributed by atoms with van der Waals surface area (Å²) in [5, 5.41) is 3.95. The van der Waals surface area contributed by atoms with Gasteiger partial charge < -0.3 is 9.72 Å². The molecule has 134 valence electrons. The molecule has 0 bridgehead atoms. The molecule has 0 saturated carbocycles. The summed E-state index contributed by atoms with van der Waals surface area (Å²) in [4.78, 5) is 6.10. The summed E-state index contributed by atoms with van der Waals surface area (Å²) in [5.41, 5.74) is 4.83. The Morgan fingerprint density at radius 3 is 2.63 bits per heavy atom. The van der Waals surface area contributed by atoms with Crippen molar-refractivity contribution in [3.05, 3.63) is 77.5 Å². The molecular formula is C24H22N2O. The van der Waals surface area contributed by atoms with Crippen molar-refractivity contribution in [2.24, 2.45) is 0 Å². The van der Waals surface area contributed by atoms with Crippen molar-refractivity contribution in [1.29, 1.82) is 0 Å². The highest BCUT2D eigenvalue weighted by atomic mass is 16.5. The minimum absolute atomic E-state index is 0.401. The summed E-state index contributed by atoms with van der Waals surface area (Å²) in [6.07, 6.45) is 3.05. The number of ether oxygens (including phenoxy) is 1. The molecule has 6 rings (SSSR count). The molecular weight excluding hydrogens is 332 g/mol. The minimum Gasteiger partial charge on any atom is -0.466 e. The summed E-state index contributed by atoms with van der Waals surface area (Å²) in [6, 6.07) is 21.6. The van der Waals surface area contributed by atoms with Gasteiger partial charge in [0.15, 0.2) is 0 Å². The maximum absolute atomic E-state index is 6.83. The van der Waals surface area contributed by atoms with Crippen molar-refractivity contribution in [1.82, 2.24) is 9.88 Å². The van der Waals surface area contributed by atoms with Gasteiger partial charge in [-0.2, -0.15) is 0 Å². The lowest BCUT2D eigenvalue weighted by atomic mass is 9.86. The number of aromatic nitrogens is 1. The number of para-hydroxylation sites is 1. The monoisotopic (exact) mass is 354 g/mol. The fraction of sp³-hybridized carbons (Fsp3) is 0.250. The minimum atomic E-state index is -0.401. The van der Waals surface area contributed by atoms with E-state index in [4.69, 9.17) is 4.74 Å². The van der Waals surface area contributed by atoms with Crippen LogP contribution in [0.5, 0.6) is 5.75 Å². The van der Waals surface area contributed by atoms with Crippen LogP contribution in [0.3, 0.4) is 0 Å².